The summed E-state index contributed by atoms with van der Waals surface area (Å²) in [6.45, 7) is 2.54. The van der Waals surface area contributed by atoms with E-state index < -0.39 is 0 Å². The predicted octanol–water partition coefficient (Wildman–Crippen LogP) is 3.98. The molecule has 1 saturated carbocycles. The van der Waals surface area contributed by atoms with Crippen molar-refractivity contribution >= 4 is 5.71 Å². The number of halogens is 1. The van der Waals surface area contributed by atoms with E-state index in [-0.39, 0.29) is 11.4 Å². The Morgan fingerprint density at radius 2 is 1.88 bits per heavy atom. The molecule has 0 amide bonds. The number of benzene rings is 2. The van der Waals surface area contributed by atoms with Crippen molar-refractivity contribution in [3.63, 3.8) is 0 Å². The third kappa shape index (κ3) is 3.71. The van der Waals surface area contributed by atoms with Crippen LogP contribution in [-0.4, -0.2) is 11.3 Å². The van der Waals surface area contributed by atoms with Crippen molar-refractivity contribution in [3.8, 4) is 11.1 Å². The summed E-state index contributed by atoms with van der Waals surface area (Å²) in [5.41, 5.74) is 10.0. The van der Waals surface area contributed by atoms with Crippen LogP contribution < -0.4 is 11.1 Å². The van der Waals surface area contributed by atoms with Gasteiger partial charge in [-0.25, -0.2) is 4.39 Å². The largest absolute Gasteiger partial charge is 0.386 e. The molecule has 1 aliphatic carbocycles. The molecule has 3 nitrogen and oxygen atoms in total. The third-order valence-electron chi connectivity index (χ3n) is 4.48. The van der Waals surface area contributed by atoms with Gasteiger partial charge in [-0.15, -0.1) is 0 Å². The van der Waals surface area contributed by atoms with Crippen molar-refractivity contribution in [2.24, 2.45) is 5.73 Å². The maximum atomic E-state index is 13.1. The van der Waals surface area contributed by atoms with Gasteiger partial charge in [-0.1, -0.05) is 24.3 Å². The smallest absolute Gasteiger partial charge is 0.123 e. The Morgan fingerprint density at radius 3 is 2.50 bits per heavy atom. The van der Waals surface area contributed by atoms with Gasteiger partial charge in [0, 0.05) is 17.6 Å². The number of hydrogen-bond donors (Lipinski definition) is 3. The highest BCUT2D eigenvalue weighted by atomic mass is 19.1. The first-order valence-corrected chi connectivity index (χ1v) is 8.13. The van der Waals surface area contributed by atoms with Crippen LogP contribution in [0.1, 0.15) is 30.9 Å². The first-order chi connectivity index (χ1) is 11.5. The summed E-state index contributed by atoms with van der Waals surface area (Å²) in [5, 5.41) is 11.7. The highest BCUT2D eigenvalue weighted by Crippen LogP contribution is 2.34. The van der Waals surface area contributed by atoms with Gasteiger partial charge in [0.15, 0.2) is 0 Å². The number of nitrogens with two attached hydrogens (primary N) is 1. The minimum absolute atomic E-state index is 0.198. The molecule has 0 aliphatic heterocycles. The second-order valence-electron chi connectivity index (χ2n) is 6.53. The van der Waals surface area contributed by atoms with Gasteiger partial charge in [0.05, 0.1) is 5.71 Å². The first kappa shape index (κ1) is 16.4. The number of nitrogens with one attached hydrogen (secondary N) is 2. The van der Waals surface area contributed by atoms with Crippen LogP contribution in [0.3, 0.4) is 0 Å². The average Bonchev–Trinajstić information content (AvgIpc) is 3.32. The standard InChI is InChI=1S/C20H22FN3/c1-20(9-10-20)24-11-8-19(23)18-12-15(2-3-16(18)13-22)14-4-6-17(21)7-5-14/h2-8,11-12,23-24H,9-10,13,22H2,1H3/b11-8-,23-19?. The molecular formula is C20H22FN3. The van der Waals surface area contributed by atoms with Crippen LogP contribution in [0.25, 0.3) is 11.1 Å². The van der Waals surface area contributed by atoms with Crippen molar-refractivity contribution in [1.82, 2.24) is 5.32 Å². The van der Waals surface area contributed by atoms with Crippen molar-refractivity contribution in [2.45, 2.75) is 31.8 Å². The van der Waals surface area contributed by atoms with E-state index in [1.807, 2.05) is 24.4 Å². The Balaban J connectivity index is 1.86. The van der Waals surface area contributed by atoms with Gasteiger partial charge >= 0.3 is 0 Å². The van der Waals surface area contributed by atoms with Crippen molar-refractivity contribution < 1.29 is 4.39 Å². The molecule has 0 atom stereocenters. The molecule has 124 valence electrons. The molecular weight excluding hydrogens is 301 g/mol. The molecule has 0 radical (unpaired) electrons. The Morgan fingerprint density at radius 1 is 1.21 bits per heavy atom. The van der Waals surface area contributed by atoms with E-state index in [9.17, 15) is 4.39 Å². The van der Waals surface area contributed by atoms with E-state index in [0.29, 0.717) is 12.3 Å². The van der Waals surface area contributed by atoms with E-state index >= 15 is 0 Å². The van der Waals surface area contributed by atoms with Crippen molar-refractivity contribution in [2.75, 3.05) is 0 Å². The Labute approximate surface area is 141 Å². The summed E-state index contributed by atoms with van der Waals surface area (Å²) in [7, 11) is 0. The second kappa shape index (κ2) is 6.57. The van der Waals surface area contributed by atoms with Gasteiger partial charge in [0.2, 0.25) is 0 Å². The van der Waals surface area contributed by atoms with Crippen LogP contribution in [-0.2, 0) is 6.54 Å². The van der Waals surface area contributed by atoms with Gasteiger partial charge < -0.3 is 16.5 Å². The zero-order chi connectivity index (χ0) is 17.2. The van der Waals surface area contributed by atoms with E-state index in [1.165, 1.54) is 25.0 Å². The highest BCUT2D eigenvalue weighted by Gasteiger charge is 2.35. The molecule has 0 aromatic heterocycles. The molecule has 1 fully saturated rings. The van der Waals surface area contributed by atoms with Gasteiger partial charge in [-0.3, -0.25) is 0 Å². The predicted molar refractivity (Wildman–Crippen MR) is 96.5 cm³/mol. The van der Waals surface area contributed by atoms with E-state index in [4.69, 9.17) is 11.1 Å². The lowest BCUT2D eigenvalue weighted by Gasteiger charge is -2.11. The molecule has 0 spiro atoms. The molecule has 4 N–H and O–H groups in total. The molecule has 4 heteroatoms. The minimum atomic E-state index is -0.257. The van der Waals surface area contributed by atoms with Gasteiger partial charge in [0.25, 0.3) is 0 Å². The summed E-state index contributed by atoms with van der Waals surface area (Å²) in [6, 6.07) is 12.2. The summed E-state index contributed by atoms with van der Waals surface area (Å²) in [4.78, 5) is 0. The molecule has 24 heavy (non-hydrogen) atoms. The lowest BCUT2D eigenvalue weighted by molar-refractivity contribution is 0.628. The maximum Gasteiger partial charge on any atom is 0.123 e. The summed E-state index contributed by atoms with van der Waals surface area (Å²) in [6.07, 6.45) is 5.95. The van der Waals surface area contributed by atoms with Crippen molar-refractivity contribution in [1.29, 1.82) is 5.41 Å². The summed E-state index contributed by atoms with van der Waals surface area (Å²) < 4.78 is 13.1. The number of rotatable bonds is 6. The monoisotopic (exact) mass is 323 g/mol. The lowest BCUT2D eigenvalue weighted by atomic mass is 9.96. The van der Waals surface area contributed by atoms with E-state index in [0.717, 1.165) is 22.3 Å². The van der Waals surface area contributed by atoms with Crippen LogP contribution >= 0.6 is 0 Å². The maximum absolute atomic E-state index is 13.1. The Kier molecular flexibility index (Phi) is 4.49. The van der Waals surface area contributed by atoms with Crippen molar-refractivity contribution in [3.05, 3.63) is 71.7 Å². The highest BCUT2D eigenvalue weighted by molar-refractivity contribution is 6.08. The Hall–Kier alpha value is -2.46. The number of allylic oxidation sites excluding steroid dienone is 1. The normalized spacial score (nSPS) is 15.5. The summed E-state index contributed by atoms with van der Waals surface area (Å²) in [5.74, 6) is -0.257. The zero-order valence-corrected chi connectivity index (χ0v) is 13.8. The SMILES string of the molecule is CC1(N/C=C\C(=N)c2cc(-c3ccc(F)cc3)ccc2CN)CC1. The fraction of sp³-hybridized carbons (Fsp3) is 0.250. The van der Waals surface area contributed by atoms with Gasteiger partial charge in [0.1, 0.15) is 5.82 Å². The molecule has 2 aromatic carbocycles. The topological polar surface area (TPSA) is 61.9 Å². The molecule has 0 heterocycles. The van der Waals surface area contributed by atoms with Crippen LogP contribution in [0.4, 0.5) is 4.39 Å². The minimum Gasteiger partial charge on any atom is -0.386 e. The van der Waals surface area contributed by atoms with Crippen LogP contribution in [0.5, 0.6) is 0 Å². The van der Waals surface area contributed by atoms with E-state index in [1.54, 1.807) is 18.2 Å². The average molecular weight is 323 g/mol. The zero-order valence-electron chi connectivity index (χ0n) is 13.8. The second-order valence-corrected chi connectivity index (χ2v) is 6.53. The fourth-order valence-electron chi connectivity index (χ4n) is 2.57. The summed E-state index contributed by atoms with van der Waals surface area (Å²) >= 11 is 0. The molecule has 2 aromatic rings. The van der Waals surface area contributed by atoms with Crippen LogP contribution in [0, 0.1) is 11.2 Å². The Bertz CT molecular complexity index is 774. The quantitative estimate of drug-likeness (QED) is 0.704. The fourth-order valence-corrected chi connectivity index (χ4v) is 2.57. The van der Waals surface area contributed by atoms with Crippen LogP contribution in [0.15, 0.2) is 54.7 Å². The van der Waals surface area contributed by atoms with Crippen LogP contribution in [0.2, 0.25) is 0 Å². The van der Waals surface area contributed by atoms with Gasteiger partial charge in [-0.05, 0) is 66.9 Å². The molecule has 0 saturated heterocycles. The third-order valence-corrected chi connectivity index (χ3v) is 4.48. The first-order valence-electron chi connectivity index (χ1n) is 8.13. The lowest BCUT2D eigenvalue weighted by Crippen LogP contribution is -2.21. The van der Waals surface area contributed by atoms with Gasteiger partial charge in [-0.2, -0.15) is 0 Å². The molecule has 0 bridgehead atoms. The van der Waals surface area contributed by atoms with E-state index in [2.05, 4.69) is 12.2 Å². The molecule has 0 unspecified atom stereocenters. The molecule has 3 rings (SSSR count). The molecule has 1 aliphatic rings. The number of hydrogen-bond acceptors (Lipinski definition) is 3.